The van der Waals surface area contributed by atoms with E-state index in [-0.39, 0.29) is 0 Å². The third kappa shape index (κ3) is 6.04. The second-order valence-electron chi connectivity index (χ2n) is 5.46. The molecule has 0 saturated carbocycles. The third-order valence-electron chi connectivity index (χ3n) is 3.69. The summed E-state index contributed by atoms with van der Waals surface area (Å²) in [6.45, 7) is 2.92. The molecule has 1 aromatic carbocycles. The van der Waals surface area contributed by atoms with Gasteiger partial charge in [0.15, 0.2) is 0 Å². The van der Waals surface area contributed by atoms with Crippen molar-refractivity contribution < 1.29 is 10.2 Å². The molecule has 0 bridgehead atoms. The second kappa shape index (κ2) is 9.92. The molecule has 1 aromatic rings. The van der Waals surface area contributed by atoms with E-state index in [1.54, 1.807) is 0 Å². The number of aryl methyl sites for hydroxylation is 1. The number of unbranched alkanes of at least 4 members (excludes halogenated alkanes) is 3. The van der Waals surface area contributed by atoms with E-state index in [9.17, 15) is 10.2 Å². The van der Waals surface area contributed by atoms with Gasteiger partial charge in [-0.3, -0.25) is 0 Å². The van der Waals surface area contributed by atoms with Crippen LogP contribution in [0.5, 0.6) is 0 Å². The van der Waals surface area contributed by atoms with E-state index in [1.807, 2.05) is 19.2 Å². The van der Waals surface area contributed by atoms with Crippen LogP contribution in [0.1, 0.15) is 56.3 Å². The van der Waals surface area contributed by atoms with Crippen molar-refractivity contribution in [2.75, 3.05) is 13.6 Å². The maximum Gasteiger partial charge on any atom is 0.105 e. The first-order valence-corrected chi connectivity index (χ1v) is 7.78. The number of aliphatic hydroxyl groups excluding tert-OH is 2. The zero-order chi connectivity index (χ0) is 14.8. The summed E-state index contributed by atoms with van der Waals surface area (Å²) < 4.78 is 0. The average molecular weight is 279 g/mol. The Balaban J connectivity index is 2.44. The van der Waals surface area contributed by atoms with Crippen molar-refractivity contribution in [2.24, 2.45) is 0 Å². The molecule has 20 heavy (non-hydrogen) atoms. The first-order chi connectivity index (χ1) is 9.69. The van der Waals surface area contributed by atoms with Crippen molar-refractivity contribution in [3.63, 3.8) is 0 Å². The van der Waals surface area contributed by atoms with Gasteiger partial charge in [0.05, 0.1) is 6.10 Å². The zero-order valence-electron chi connectivity index (χ0n) is 12.8. The fourth-order valence-corrected chi connectivity index (χ4v) is 2.31. The third-order valence-corrected chi connectivity index (χ3v) is 3.69. The summed E-state index contributed by atoms with van der Waals surface area (Å²) in [5.41, 5.74) is 2.10. The van der Waals surface area contributed by atoms with Crippen molar-refractivity contribution in [3.05, 3.63) is 35.4 Å². The molecule has 0 heterocycles. The molecular formula is C17H29NO2. The molecule has 0 aliphatic rings. The van der Waals surface area contributed by atoms with Crippen LogP contribution in [0.25, 0.3) is 0 Å². The molecule has 0 aliphatic heterocycles. The van der Waals surface area contributed by atoms with Crippen LogP contribution in [0.15, 0.2) is 24.3 Å². The Kier molecular flexibility index (Phi) is 8.51. The molecule has 0 fully saturated rings. The van der Waals surface area contributed by atoms with Crippen LogP contribution in [-0.2, 0) is 6.42 Å². The maximum absolute atomic E-state index is 10.1. The molecular weight excluding hydrogens is 250 g/mol. The van der Waals surface area contributed by atoms with E-state index in [0.717, 1.165) is 12.0 Å². The molecule has 3 nitrogen and oxygen atoms in total. The fourth-order valence-electron chi connectivity index (χ4n) is 2.31. The molecule has 114 valence electrons. The topological polar surface area (TPSA) is 52.5 Å². The number of hydrogen-bond acceptors (Lipinski definition) is 3. The molecule has 1 rings (SSSR count). The highest BCUT2D eigenvalue weighted by molar-refractivity contribution is 5.24. The van der Waals surface area contributed by atoms with Crippen LogP contribution in [0, 0.1) is 0 Å². The van der Waals surface area contributed by atoms with Crippen molar-refractivity contribution >= 4 is 0 Å². The number of benzene rings is 1. The lowest BCUT2D eigenvalue weighted by Crippen LogP contribution is -2.23. The van der Waals surface area contributed by atoms with Crippen LogP contribution in [0.4, 0.5) is 0 Å². The lowest BCUT2D eigenvalue weighted by molar-refractivity contribution is 0.0140. The Labute approximate surface area is 123 Å². The van der Waals surface area contributed by atoms with Crippen LogP contribution in [0.3, 0.4) is 0 Å². The first-order valence-electron chi connectivity index (χ1n) is 7.78. The SMILES string of the molecule is CCCCCCc1ccc(C(O)C(O)CCNC)cc1. The molecule has 0 aromatic heterocycles. The average Bonchev–Trinajstić information content (AvgIpc) is 2.49. The lowest BCUT2D eigenvalue weighted by atomic mass is 9.99. The number of nitrogens with one attached hydrogen (secondary N) is 1. The molecule has 0 aliphatic carbocycles. The van der Waals surface area contributed by atoms with E-state index in [4.69, 9.17) is 0 Å². The van der Waals surface area contributed by atoms with Gasteiger partial charge in [0.1, 0.15) is 6.10 Å². The van der Waals surface area contributed by atoms with Gasteiger partial charge >= 0.3 is 0 Å². The minimum atomic E-state index is -0.794. The Morgan fingerprint density at radius 3 is 2.35 bits per heavy atom. The van der Waals surface area contributed by atoms with Crippen molar-refractivity contribution in [2.45, 2.75) is 57.7 Å². The summed E-state index contributed by atoms with van der Waals surface area (Å²) in [6, 6.07) is 8.00. The van der Waals surface area contributed by atoms with E-state index in [0.29, 0.717) is 13.0 Å². The van der Waals surface area contributed by atoms with Crippen LogP contribution < -0.4 is 5.32 Å². The Hall–Kier alpha value is -0.900. The van der Waals surface area contributed by atoms with Gasteiger partial charge in [0, 0.05) is 0 Å². The quantitative estimate of drug-likeness (QED) is 0.577. The maximum atomic E-state index is 10.1. The van der Waals surface area contributed by atoms with E-state index >= 15 is 0 Å². The summed E-state index contributed by atoms with van der Waals surface area (Å²) in [5.74, 6) is 0. The number of rotatable bonds is 10. The van der Waals surface area contributed by atoms with Gasteiger partial charge in [0.25, 0.3) is 0 Å². The molecule has 0 amide bonds. The zero-order valence-corrected chi connectivity index (χ0v) is 12.8. The lowest BCUT2D eigenvalue weighted by Gasteiger charge is -2.18. The Morgan fingerprint density at radius 2 is 1.75 bits per heavy atom. The van der Waals surface area contributed by atoms with Gasteiger partial charge in [-0.05, 0) is 44.0 Å². The molecule has 2 unspecified atom stereocenters. The predicted molar refractivity (Wildman–Crippen MR) is 83.8 cm³/mol. The van der Waals surface area contributed by atoms with Gasteiger partial charge in [-0.15, -0.1) is 0 Å². The standard InChI is InChI=1S/C17H29NO2/c1-3-4-5-6-7-14-8-10-15(11-9-14)17(20)16(19)12-13-18-2/h8-11,16-20H,3-7,12-13H2,1-2H3. The van der Waals surface area contributed by atoms with E-state index in [2.05, 4.69) is 24.4 Å². The molecule has 0 radical (unpaired) electrons. The highest BCUT2D eigenvalue weighted by atomic mass is 16.3. The normalized spacial score (nSPS) is 14.2. The van der Waals surface area contributed by atoms with Gasteiger partial charge in [-0.25, -0.2) is 0 Å². The summed E-state index contributed by atoms with van der Waals surface area (Å²) in [4.78, 5) is 0. The molecule has 0 spiro atoms. The van der Waals surface area contributed by atoms with Crippen molar-refractivity contribution in [1.82, 2.24) is 5.32 Å². The van der Waals surface area contributed by atoms with Gasteiger partial charge in [-0.1, -0.05) is 50.5 Å². The summed E-state index contributed by atoms with van der Waals surface area (Å²) in [6.07, 6.45) is 5.21. The van der Waals surface area contributed by atoms with Crippen LogP contribution in [-0.4, -0.2) is 29.9 Å². The first kappa shape index (κ1) is 17.2. The molecule has 3 N–H and O–H groups in total. The van der Waals surface area contributed by atoms with Crippen LogP contribution >= 0.6 is 0 Å². The number of hydrogen-bond donors (Lipinski definition) is 3. The van der Waals surface area contributed by atoms with Gasteiger partial charge in [-0.2, -0.15) is 0 Å². The molecule has 2 atom stereocenters. The largest absolute Gasteiger partial charge is 0.390 e. The Bertz CT molecular complexity index is 351. The van der Waals surface area contributed by atoms with Crippen LogP contribution in [0.2, 0.25) is 0 Å². The van der Waals surface area contributed by atoms with Crippen molar-refractivity contribution in [3.8, 4) is 0 Å². The smallest absolute Gasteiger partial charge is 0.105 e. The Morgan fingerprint density at radius 1 is 1.05 bits per heavy atom. The van der Waals surface area contributed by atoms with Crippen molar-refractivity contribution in [1.29, 1.82) is 0 Å². The van der Waals surface area contributed by atoms with E-state index < -0.39 is 12.2 Å². The minimum absolute atomic E-state index is 0.552. The summed E-state index contributed by atoms with van der Waals surface area (Å²) >= 11 is 0. The monoisotopic (exact) mass is 279 g/mol. The fraction of sp³-hybridized carbons (Fsp3) is 0.647. The van der Waals surface area contributed by atoms with E-state index in [1.165, 1.54) is 31.2 Å². The predicted octanol–water partition coefficient (Wildman–Crippen LogP) is 2.81. The highest BCUT2D eigenvalue weighted by Crippen LogP contribution is 2.20. The summed E-state index contributed by atoms with van der Waals surface area (Å²) in [7, 11) is 1.84. The highest BCUT2D eigenvalue weighted by Gasteiger charge is 2.17. The minimum Gasteiger partial charge on any atom is -0.390 e. The summed E-state index contributed by atoms with van der Waals surface area (Å²) in [5, 5.41) is 22.9. The molecule has 0 saturated heterocycles. The molecule has 3 heteroatoms. The van der Waals surface area contributed by atoms with Gasteiger partial charge < -0.3 is 15.5 Å². The van der Waals surface area contributed by atoms with Gasteiger partial charge in [0.2, 0.25) is 0 Å². The number of aliphatic hydroxyl groups is 2. The second-order valence-corrected chi connectivity index (χ2v) is 5.46.